The van der Waals surface area contributed by atoms with Crippen molar-refractivity contribution in [1.82, 2.24) is 0 Å². The summed E-state index contributed by atoms with van der Waals surface area (Å²) in [6.07, 6.45) is 5.87. The van der Waals surface area contributed by atoms with E-state index >= 15 is 0 Å². The first kappa shape index (κ1) is 18.3. The molecule has 0 radical (unpaired) electrons. The summed E-state index contributed by atoms with van der Waals surface area (Å²) in [6, 6.07) is 9.94. The molecule has 1 aromatic carbocycles. The summed E-state index contributed by atoms with van der Waals surface area (Å²) in [7, 11) is 0. The molecule has 2 nitrogen and oxygen atoms in total. The molecule has 0 aliphatic heterocycles. The largest absolute Gasteiger partial charge is 0.457 e. The Bertz CT molecular complexity index is 382. The van der Waals surface area contributed by atoms with E-state index in [0.717, 1.165) is 44.1 Å². The predicted molar refractivity (Wildman–Crippen MR) is 89.0 cm³/mol. The first-order chi connectivity index (χ1) is 10.3. The summed E-state index contributed by atoms with van der Waals surface area (Å²) >= 11 is 11.3. The lowest BCUT2D eigenvalue weighted by atomic mass is 10.0. The standard InChI is InChI=1S/C17H24Cl2O2/c18-13-7-2-5-11-16(15-9-3-1-4-10-15)21-17(20)12-6-8-14-19/h1,3-4,9-10,16H,2,5-8,11-14H2/t16-/m0/s1. The highest BCUT2D eigenvalue weighted by molar-refractivity contribution is 6.18. The van der Waals surface area contributed by atoms with Crippen LogP contribution in [0.5, 0.6) is 0 Å². The number of carbonyl (C=O) groups is 1. The highest BCUT2D eigenvalue weighted by Gasteiger charge is 2.16. The van der Waals surface area contributed by atoms with Crippen LogP contribution in [-0.4, -0.2) is 17.7 Å². The van der Waals surface area contributed by atoms with Gasteiger partial charge in [-0.15, -0.1) is 23.2 Å². The van der Waals surface area contributed by atoms with Gasteiger partial charge >= 0.3 is 5.97 Å². The van der Waals surface area contributed by atoms with Crippen LogP contribution in [0.3, 0.4) is 0 Å². The van der Waals surface area contributed by atoms with Crippen molar-refractivity contribution in [3.05, 3.63) is 35.9 Å². The van der Waals surface area contributed by atoms with Gasteiger partial charge in [-0.05, 0) is 37.7 Å². The molecule has 1 rings (SSSR count). The zero-order valence-corrected chi connectivity index (χ0v) is 13.9. The molecule has 21 heavy (non-hydrogen) atoms. The van der Waals surface area contributed by atoms with Gasteiger partial charge in [0.2, 0.25) is 0 Å². The van der Waals surface area contributed by atoms with Gasteiger partial charge < -0.3 is 4.74 Å². The molecule has 0 unspecified atom stereocenters. The second-order valence-corrected chi connectivity index (χ2v) is 5.83. The number of halogens is 2. The number of alkyl halides is 2. The maximum Gasteiger partial charge on any atom is 0.306 e. The van der Waals surface area contributed by atoms with E-state index in [-0.39, 0.29) is 12.1 Å². The molecule has 0 N–H and O–H groups in total. The Morgan fingerprint density at radius 1 is 0.952 bits per heavy atom. The third kappa shape index (κ3) is 8.33. The molecule has 0 spiro atoms. The molecule has 0 aliphatic carbocycles. The summed E-state index contributed by atoms with van der Waals surface area (Å²) in [5.41, 5.74) is 1.06. The number of hydrogen-bond acceptors (Lipinski definition) is 2. The van der Waals surface area contributed by atoms with Crippen LogP contribution < -0.4 is 0 Å². The van der Waals surface area contributed by atoms with Crippen LogP contribution in [0.4, 0.5) is 0 Å². The van der Waals surface area contributed by atoms with Crippen LogP contribution in [0, 0.1) is 0 Å². The van der Waals surface area contributed by atoms with Gasteiger partial charge in [-0.2, -0.15) is 0 Å². The summed E-state index contributed by atoms with van der Waals surface area (Å²) in [5.74, 6) is 1.15. The first-order valence-electron chi connectivity index (χ1n) is 7.64. The van der Waals surface area contributed by atoms with Crippen molar-refractivity contribution in [1.29, 1.82) is 0 Å². The molecule has 0 bridgehead atoms. The number of rotatable bonds is 11. The van der Waals surface area contributed by atoms with Gasteiger partial charge in [-0.1, -0.05) is 36.8 Å². The first-order valence-corrected chi connectivity index (χ1v) is 8.71. The molecule has 1 atom stereocenters. The van der Waals surface area contributed by atoms with Crippen molar-refractivity contribution in [2.45, 2.75) is 51.0 Å². The van der Waals surface area contributed by atoms with E-state index in [9.17, 15) is 4.79 Å². The highest BCUT2D eigenvalue weighted by Crippen LogP contribution is 2.24. The minimum atomic E-state index is -0.148. The minimum Gasteiger partial charge on any atom is -0.457 e. The van der Waals surface area contributed by atoms with E-state index < -0.39 is 0 Å². The second kappa shape index (κ2) is 11.9. The van der Waals surface area contributed by atoms with Crippen molar-refractivity contribution in [2.24, 2.45) is 0 Å². The van der Waals surface area contributed by atoms with Crippen molar-refractivity contribution in [2.75, 3.05) is 11.8 Å². The van der Waals surface area contributed by atoms with Crippen LogP contribution in [0.2, 0.25) is 0 Å². The van der Waals surface area contributed by atoms with Gasteiger partial charge in [0.15, 0.2) is 0 Å². The average Bonchev–Trinajstić information content (AvgIpc) is 2.51. The van der Waals surface area contributed by atoms with E-state index in [1.165, 1.54) is 0 Å². The molecule has 0 saturated heterocycles. The Labute approximate surface area is 137 Å². The Hall–Kier alpha value is -0.730. The fourth-order valence-corrected chi connectivity index (χ4v) is 2.52. The molecule has 0 heterocycles. The van der Waals surface area contributed by atoms with Gasteiger partial charge in [0.05, 0.1) is 0 Å². The normalized spacial score (nSPS) is 12.1. The smallest absolute Gasteiger partial charge is 0.306 e. The van der Waals surface area contributed by atoms with E-state index in [1.807, 2.05) is 30.3 Å². The maximum absolute atomic E-state index is 11.9. The second-order valence-electron chi connectivity index (χ2n) is 5.07. The SMILES string of the molecule is O=C(CCCCCl)O[C@@H](CCCCCCl)c1ccccc1. The van der Waals surface area contributed by atoms with Crippen molar-refractivity contribution < 1.29 is 9.53 Å². The monoisotopic (exact) mass is 330 g/mol. The van der Waals surface area contributed by atoms with E-state index in [2.05, 4.69) is 0 Å². The lowest BCUT2D eigenvalue weighted by molar-refractivity contribution is -0.150. The van der Waals surface area contributed by atoms with Crippen molar-refractivity contribution in [3.63, 3.8) is 0 Å². The average molecular weight is 331 g/mol. The Kier molecular flexibility index (Phi) is 10.4. The fourth-order valence-electron chi connectivity index (χ4n) is 2.14. The zero-order valence-electron chi connectivity index (χ0n) is 12.4. The zero-order chi connectivity index (χ0) is 15.3. The lowest BCUT2D eigenvalue weighted by Crippen LogP contribution is -2.11. The molecule has 4 heteroatoms. The number of unbranched alkanes of at least 4 members (excludes halogenated alkanes) is 3. The fraction of sp³-hybridized carbons (Fsp3) is 0.588. The van der Waals surface area contributed by atoms with E-state index in [0.29, 0.717) is 18.2 Å². The number of ether oxygens (including phenoxy) is 1. The Balaban J connectivity index is 2.49. The molecule has 0 amide bonds. The van der Waals surface area contributed by atoms with Crippen LogP contribution in [0.25, 0.3) is 0 Å². The summed E-state index contributed by atoms with van der Waals surface area (Å²) < 4.78 is 5.65. The minimum absolute atomic E-state index is 0.133. The van der Waals surface area contributed by atoms with Gasteiger partial charge in [-0.3, -0.25) is 4.79 Å². The van der Waals surface area contributed by atoms with Gasteiger partial charge in [0, 0.05) is 18.2 Å². The summed E-state index contributed by atoms with van der Waals surface area (Å²) in [4.78, 5) is 11.9. The third-order valence-corrected chi connectivity index (χ3v) is 3.84. The van der Waals surface area contributed by atoms with Crippen molar-refractivity contribution >= 4 is 29.2 Å². The predicted octanol–water partition coefficient (Wildman–Crippen LogP) is 5.48. The maximum atomic E-state index is 11.9. The molecule has 0 saturated carbocycles. The highest BCUT2D eigenvalue weighted by atomic mass is 35.5. The number of hydrogen-bond donors (Lipinski definition) is 0. The van der Waals surface area contributed by atoms with Crippen LogP contribution in [0.1, 0.15) is 56.6 Å². The lowest BCUT2D eigenvalue weighted by Gasteiger charge is -2.18. The number of carbonyl (C=O) groups excluding carboxylic acids is 1. The van der Waals surface area contributed by atoms with Gasteiger partial charge in [0.1, 0.15) is 6.10 Å². The molecular formula is C17H24Cl2O2. The molecular weight excluding hydrogens is 307 g/mol. The van der Waals surface area contributed by atoms with E-state index in [1.54, 1.807) is 0 Å². The van der Waals surface area contributed by atoms with Crippen LogP contribution >= 0.6 is 23.2 Å². The van der Waals surface area contributed by atoms with Crippen LogP contribution in [-0.2, 0) is 9.53 Å². The number of benzene rings is 1. The molecule has 0 fully saturated rings. The summed E-state index contributed by atoms with van der Waals surface area (Å²) in [5, 5.41) is 0. The van der Waals surface area contributed by atoms with Gasteiger partial charge in [0.25, 0.3) is 0 Å². The number of esters is 1. The molecule has 118 valence electrons. The topological polar surface area (TPSA) is 26.3 Å². The van der Waals surface area contributed by atoms with Gasteiger partial charge in [-0.25, -0.2) is 0 Å². The Morgan fingerprint density at radius 2 is 1.62 bits per heavy atom. The molecule has 0 aliphatic rings. The van der Waals surface area contributed by atoms with Crippen molar-refractivity contribution in [3.8, 4) is 0 Å². The molecule has 1 aromatic rings. The quantitative estimate of drug-likeness (QED) is 0.305. The summed E-state index contributed by atoms with van der Waals surface area (Å²) in [6.45, 7) is 0. The third-order valence-electron chi connectivity index (χ3n) is 3.31. The Morgan fingerprint density at radius 3 is 2.29 bits per heavy atom. The van der Waals surface area contributed by atoms with Crippen LogP contribution in [0.15, 0.2) is 30.3 Å². The molecule has 0 aromatic heterocycles. The van der Waals surface area contributed by atoms with E-state index in [4.69, 9.17) is 27.9 Å².